The van der Waals surface area contributed by atoms with Crippen LogP contribution in [0, 0.1) is 23.0 Å². The number of rotatable bonds is 3. The maximum Gasteiger partial charge on any atom is 0.150 e. The van der Waals surface area contributed by atoms with Crippen LogP contribution in [0.2, 0.25) is 0 Å². The van der Waals surface area contributed by atoms with Crippen LogP contribution in [0.5, 0.6) is 0 Å². The Morgan fingerprint density at radius 1 is 1.21 bits per heavy atom. The van der Waals surface area contributed by atoms with Crippen LogP contribution in [0.25, 0.3) is 0 Å². The smallest absolute Gasteiger partial charge is 0.150 e. The molecule has 1 fully saturated rings. The second-order valence-corrected chi connectivity index (χ2v) is 5.05. The van der Waals surface area contributed by atoms with E-state index in [1.165, 1.54) is 0 Å². The number of nitrogens with one attached hydrogen (secondary N) is 1. The first kappa shape index (κ1) is 13.8. The zero-order chi connectivity index (χ0) is 13.9. The fourth-order valence-electron chi connectivity index (χ4n) is 2.57. The van der Waals surface area contributed by atoms with Crippen molar-refractivity contribution in [3.8, 4) is 6.07 Å². The largest absolute Gasteiger partial charge is 0.394 e. The number of hydrogen-bond donors (Lipinski definition) is 2. The summed E-state index contributed by atoms with van der Waals surface area (Å²) in [4.78, 5) is 0. The number of anilines is 1. The van der Waals surface area contributed by atoms with Crippen LogP contribution in [0.1, 0.15) is 37.7 Å². The van der Waals surface area contributed by atoms with Crippen molar-refractivity contribution in [2.24, 2.45) is 0 Å². The summed E-state index contributed by atoms with van der Waals surface area (Å²) < 4.78 is 27.6. The molecule has 102 valence electrons. The Labute approximate surface area is 110 Å². The molecule has 0 heterocycles. The van der Waals surface area contributed by atoms with Crippen molar-refractivity contribution in [2.45, 2.75) is 37.6 Å². The summed E-state index contributed by atoms with van der Waals surface area (Å²) in [6.45, 7) is -0.161. The van der Waals surface area contributed by atoms with Crippen LogP contribution in [-0.4, -0.2) is 17.3 Å². The number of benzene rings is 1. The number of aliphatic hydroxyl groups is 1. The molecule has 0 atom stereocenters. The molecule has 2 rings (SSSR count). The van der Waals surface area contributed by atoms with Gasteiger partial charge in [0.05, 0.1) is 23.8 Å². The Morgan fingerprint density at radius 2 is 1.79 bits per heavy atom. The van der Waals surface area contributed by atoms with E-state index < -0.39 is 17.2 Å². The normalized spacial score (nSPS) is 17.8. The molecule has 2 N–H and O–H groups in total. The molecule has 1 aliphatic carbocycles. The van der Waals surface area contributed by atoms with E-state index >= 15 is 0 Å². The zero-order valence-corrected chi connectivity index (χ0v) is 10.5. The molecular formula is C14H16F2N2O. The predicted octanol–water partition coefficient (Wildman–Crippen LogP) is 2.94. The third-order valence-electron chi connectivity index (χ3n) is 3.67. The number of nitriles is 1. The van der Waals surface area contributed by atoms with Crippen LogP contribution in [0.15, 0.2) is 12.1 Å². The highest BCUT2D eigenvalue weighted by atomic mass is 19.1. The molecule has 0 spiro atoms. The van der Waals surface area contributed by atoms with Gasteiger partial charge in [-0.05, 0) is 25.0 Å². The molecule has 1 aliphatic rings. The monoisotopic (exact) mass is 266 g/mol. The quantitative estimate of drug-likeness (QED) is 0.884. The van der Waals surface area contributed by atoms with Gasteiger partial charge in [-0.1, -0.05) is 19.3 Å². The summed E-state index contributed by atoms with van der Waals surface area (Å²) in [5.74, 6) is -1.59. The molecule has 5 heteroatoms. The molecule has 1 aromatic carbocycles. The van der Waals surface area contributed by atoms with Gasteiger partial charge < -0.3 is 10.4 Å². The number of halogens is 2. The third kappa shape index (κ3) is 2.85. The van der Waals surface area contributed by atoms with Gasteiger partial charge in [0.15, 0.2) is 11.6 Å². The molecule has 0 bridgehead atoms. The molecule has 1 saturated carbocycles. The standard InChI is InChI=1S/C14H16F2N2O/c15-11-6-10(8-17)7-12(16)13(11)18-14(9-19)4-2-1-3-5-14/h6-7,18-19H,1-5,9H2. The summed E-state index contributed by atoms with van der Waals surface area (Å²) in [5, 5.41) is 21.0. The maximum atomic E-state index is 13.8. The van der Waals surface area contributed by atoms with Crippen LogP contribution >= 0.6 is 0 Å². The fraction of sp³-hybridized carbons (Fsp3) is 0.500. The lowest BCUT2D eigenvalue weighted by molar-refractivity contribution is 0.172. The van der Waals surface area contributed by atoms with Crippen molar-refractivity contribution >= 4 is 5.69 Å². The highest BCUT2D eigenvalue weighted by Gasteiger charge is 2.32. The zero-order valence-electron chi connectivity index (χ0n) is 10.5. The van der Waals surface area contributed by atoms with Gasteiger partial charge in [0.2, 0.25) is 0 Å². The van der Waals surface area contributed by atoms with Crippen LogP contribution in [0.4, 0.5) is 14.5 Å². The molecule has 0 saturated heterocycles. The molecule has 0 aliphatic heterocycles. The Hall–Kier alpha value is -1.67. The van der Waals surface area contributed by atoms with Gasteiger partial charge in [-0.15, -0.1) is 0 Å². The Kier molecular flexibility index (Phi) is 4.01. The Morgan fingerprint density at radius 3 is 2.26 bits per heavy atom. The van der Waals surface area contributed by atoms with Crippen molar-refractivity contribution in [3.05, 3.63) is 29.3 Å². The number of aliphatic hydroxyl groups excluding tert-OH is 1. The minimum atomic E-state index is -0.796. The van der Waals surface area contributed by atoms with E-state index in [-0.39, 0.29) is 17.9 Å². The van der Waals surface area contributed by atoms with Gasteiger partial charge in [0, 0.05) is 0 Å². The van der Waals surface area contributed by atoms with Gasteiger partial charge in [-0.2, -0.15) is 5.26 Å². The SMILES string of the molecule is N#Cc1cc(F)c(NC2(CO)CCCCC2)c(F)c1. The topological polar surface area (TPSA) is 56.0 Å². The molecule has 19 heavy (non-hydrogen) atoms. The second kappa shape index (κ2) is 5.54. The summed E-state index contributed by atoms with van der Waals surface area (Å²) in [5.41, 5.74) is -0.967. The molecule has 0 amide bonds. The van der Waals surface area contributed by atoms with Crippen LogP contribution < -0.4 is 5.32 Å². The summed E-state index contributed by atoms with van der Waals surface area (Å²) in [6.07, 6.45) is 4.28. The Bertz CT molecular complexity index is 482. The van der Waals surface area contributed by atoms with Gasteiger partial charge in [-0.25, -0.2) is 8.78 Å². The number of hydrogen-bond acceptors (Lipinski definition) is 3. The van der Waals surface area contributed by atoms with Crippen LogP contribution in [0.3, 0.4) is 0 Å². The lowest BCUT2D eigenvalue weighted by Crippen LogP contribution is -2.44. The summed E-state index contributed by atoms with van der Waals surface area (Å²) in [6, 6.07) is 3.70. The molecular weight excluding hydrogens is 250 g/mol. The average molecular weight is 266 g/mol. The minimum Gasteiger partial charge on any atom is -0.394 e. The van der Waals surface area contributed by atoms with E-state index in [0.717, 1.165) is 31.4 Å². The van der Waals surface area contributed by atoms with Gasteiger partial charge in [0.1, 0.15) is 5.69 Å². The molecule has 0 unspecified atom stereocenters. The first-order valence-electron chi connectivity index (χ1n) is 6.38. The van der Waals surface area contributed by atoms with Crippen molar-refractivity contribution in [3.63, 3.8) is 0 Å². The van der Waals surface area contributed by atoms with E-state index in [2.05, 4.69) is 5.32 Å². The van der Waals surface area contributed by atoms with Crippen molar-refractivity contribution in [2.75, 3.05) is 11.9 Å². The van der Waals surface area contributed by atoms with E-state index in [9.17, 15) is 13.9 Å². The van der Waals surface area contributed by atoms with Gasteiger partial charge in [0.25, 0.3) is 0 Å². The molecule has 0 aromatic heterocycles. The average Bonchev–Trinajstić information content (AvgIpc) is 2.43. The van der Waals surface area contributed by atoms with E-state index in [0.29, 0.717) is 12.8 Å². The van der Waals surface area contributed by atoms with E-state index in [4.69, 9.17) is 5.26 Å². The maximum absolute atomic E-state index is 13.8. The lowest BCUT2D eigenvalue weighted by Gasteiger charge is -2.37. The second-order valence-electron chi connectivity index (χ2n) is 5.05. The molecule has 3 nitrogen and oxygen atoms in total. The van der Waals surface area contributed by atoms with Crippen molar-refractivity contribution in [1.29, 1.82) is 5.26 Å². The minimum absolute atomic E-state index is 0.0535. The predicted molar refractivity (Wildman–Crippen MR) is 67.6 cm³/mol. The highest BCUT2D eigenvalue weighted by molar-refractivity contribution is 5.52. The van der Waals surface area contributed by atoms with E-state index in [1.807, 2.05) is 0 Å². The first-order chi connectivity index (χ1) is 9.10. The highest BCUT2D eigenvalue weighted by Crippen LogP contribution is 2.33. The third-order valence-corrected chi connectivity index (χ3v) is 3.67. The van der Waals surface area contributed by atoms with Crippen molar-refractivity contribution < 1.29 is 13.9 Å². The van der Waals surface area contributed by atoms with Crippen molar-refractivity contribution in [1.82, 2.24) is 0 Å². The lowest BCUT2D eigenvalue weighted by atomic mass is 9.82. The van der Waals surface area contributed by atoms with E-state index in [1.54, 1.807) is 6.07 Å². The summed E-state index contributed by atoms with van der Waals surface area (Å²) in [7, 11) is 0. The molecule has 1 aromatic rings. The van der Waals surface area contributed by atoms with Gasteiger partial charge in [-0.3, -0.25) is 0 Å². The van der Waals surface area contributed by atoms with Gasteiger partial charge >= 0.3 is 0 Å². The molecule has 0 radical (unpaired) electrons. The Balaban J connectivity index is 2.30. The van der Waals surface area contributed by atoms with Crippen LogP contribution in [-0.2, 0) is 0 Å². The summed E-state index contributed by atoms with van der Waals surface area (Å²) >= 11 is 0. The number of nitrogens with zero attached hydrogens (tertiary/aromatic N) is 1. The fourth-order valence-corrected chi connectivity index (χ4v) is 2.57. The first-order valence-corrected chi connectivity index (χ1v) is 6.38.